The van der Waals surface area contributed by atoms with E-state index in [-0.39, 0.29) is 33.2 Å². The van der Waals surface area contributed by atoms with Crippen LogP contribution in [0.15, 0.2) is 82.1 Å². The highest BCUT2D eigenvalue weighted by molar-refractivity contribution is 7.89. The fourth-order valence-electron chi connectivity index (χ4n) is 3.97. The summed E-state index contributed by atoms with van der Waals surface area (Å²) >= 11 is 0. The van der Waals surface area contributed by atoms with E-state index in [4.69, 9.17) is 9.15 Å². The van der Waals surface area contributed by atoms with Crippen molar-refractivity contribution in [3.05, 3.63) is 90.2 Å². The average molecular weight is 525 g/mol. The zero-order valence-corrected chi connectivity index (χ0v) is 20.4. The number of nitrogens with one attached hydrogen (secondary N) is 1. The lowest BCUT2D eigenvalue weighted by Crippen LogP contribution is -2.18. The molecule has 0 aliphatic carbocycles. The first-order chi connectivity index (χ1) is 17.7. The Morgan fingerprint density at radius 1 is 0.811 bits per heavy atom. The number of hydrogen-bond donors (Lipinski definition) is 1. The van der Waals surface area contributed by atoms with Crippen LogP contribution in [0.25, 0.3) is 44.8 Å². The number of hydrogen-bond acceptors (Lipinski definition) is 5. The summed E-state index contributed by atoms with van der Waals surface area (Å²) in [4.78, 5) is 4.31. The van der Waals surface area contributed by atoms with Gasteiger partial charge in [0.05, 0.1) is 12.0 Å². The van der Waals surface area contributed by atoms with Crippen LogP contribution < -0.4 is 9.46 Å². The van der Waals surface area contributed by atoms with Crippen LogP contribution in [-0.2, 0) is 10.0 Å². The summed E-state index contributed by atoms with van der Waals surface area (Å²) in [5.74, 6) is -2.19. The molecular formula is C27H19F3N2O4S. The van der Waals surface area contributed by atoms with E-state index in [0.29, 0.717) is 22.3 Å². The molecule has 0 radical (unpaired) electrons. The van der Waals surface area contributed by atoms with Crippen molar-refractivity contribution in [1.82, 2.24) is 9.71 Å². The Hall–Kier alpha value is -4.15. The molecule has 5 aromatic rings. The number of benzene rings is 4. The second-order valence-electron chi connectivity index (χ2n) is 8.10. The first-order valence-corrected chi connectivity index (χ1v) is 12.5. The van der Waals surface area contributed by atoms with Gasteiger partial charge < -0.3 is 9.15 Å². The third-order valence-electron chi connectivity index (χ3n) is 5.88. The van der Waals surface area contributed by atoms with E-state index in [1.165, 1.54) is 44.5 Å². The molecule has 10 heteroatoms. The fraction of sp³-hybridized carbons (Fsp3) is 0.0741. The highest BCUT2D eigenvalue weighted by Gasteiger charge is 2.18. The molecular weight excluding hydrogens is 505 g/mol. The van der Waals surface area contributed by atoms with Crippen molar-refractivity contribution in [2.45, 2.75) is 4.90 Å². The van der Waals surface area contributed by atoms with Crippen LogP contribution in [0.2, 0.25) is 0 Å². The molecule has 0 amide bonds. The van der Waals surface area contributed by atoms with Crippen molar-refractivity contribution < 1.29 is 30.7 Å². The highest BCUT2D eigenvalue weighted by Crippen LogP contribution is 2.38. The van der Waals surface area contributed by atoms with Crippen LogP contribution in [0, 0.1) is 17.5 Å². The fourth-order valence-corrected chi connectivity index (χ4v) is 4.70. The normalized spacial score (nSPS) is 11.7. The van der Waals surface area contributed by atoms with Crippen LogP contribution in [-0.4, -0.2) is 27.6 Å². The Morgan fingerprint density at radius 2 is 1.51 bits per heavy atom. The summed E-state index contributed by atoms with van der Waals surface area (Å²) in [6.07, 6.45) is 0. The van der Waals surface area contributed by atoms with E-state index >= 15 is 4.39 Å². The molecule has 0 aliphatic rings. The average Bonchev–Trinajstić information content (AvgIpc) is 3.31. The molecule has 0 unspecified atom stereocenters. The Kier molecular flexibility index (Phi) is 6.22. The lowest BCUT2D eigenvalue weighted by atomic mass is 9.96. The predicted molar refractivity (Wildman–Crippen MR) is 133 cm³/mol. The second kappa shape index (κ2) is 9.38. The van der Waals surface area contributed by atoms with Gasteiger partial charge in [0.25, 0.3) is 0 Å². The van der Waals surface area contributed by atoms with Crippen molar-refractivity contribution in [3.8, 4) is 39.5 Å². The maximum Gasteiger partial charge on any atom is 0.240 e. The summed E-state index contributed by atoms with van der Waals surface area (Å²) < 4.78 is 79.6. The number of ether oxygens (including phenoxy) is 1. The largest absolute Gasteiger partial charge is 0.496 e. The molecule has 0 spiro atoms. The summed E-state index contributed by atoms with van der Waals surface area (Å²) in [6, 6.07) is 17.6. The number of nitrogens with zero attached hydrogens (tertiary/aromatic N) is 1. The van der Waals surface area contributed by atoms with Gasteiger partial charge in [0.15, 0.2) is 17.2 Å². The molecule has 0 aliphatic heterocycles. The van der Waals surface area contributed by atoms with Gasteiger partial charge in [-0.05, 0) is 48.5 Å². The molecule has 5 rings (SSSR count). The van der Waals surface area contributed by atoms with Gasteiger partial charge in [0, 0.05) is 34.9 Å². The number of aromatic nitrogens is 1. The summed E-state index contributed by atoms with van der Waals surface area (Å²) in [5.41, 5.74) is 2.71. The number of halogens is 3. The second-order valence-corrected chi connectivity index (χ2v) is 9.98. The van der Waals surface area contributed by atoms with E-state index < -0.39 is 27.5 Å². The number of rotatable bonds is 6. The third-order valence-corrected chi connectivity index (χ3v) is 7.31. The number of fused-ring (bicyclic) bond motifs is 1. The van der Waals surface area contributed by atoms with Crippen LogP contribution in [0.5, 0.6) is 5.75 Å². The topological polar surface area (TPSA) is 81.4 Å². The van der Waals surface area contributed by atoms with E-state index in [1.54, 1.807) is 30.3 Å². The Balaban J connectivity index is 1.58. The molecule has 1 aromatic heterocycles. The minimum Gasteiger partial charge on any atom is -0.496 e. The lowest BCUT2D eigenvalue weighted by molar-refractivity contribution is 0.413. The molecule has 1 N–H and O–H groups in total. The maximum absolute atomic E-state index is 15.0. The molecule has 0 bridgehead atoms. The van der Waals surface area contributed by atoms with Gasteiger partial charge in [-0.15, -0.1) is 0 Å². The Labute approximate surface area is 210 Å². The zero-order valence-electron chi connectivity index (χ0n) is 19.6. The molecule has 4 aromatic carbocycles. The summed E-state index contributed by atoms with van der Waals surface area (Å²) in [7, 11) is -0.906. The van der Waals surface area contributed by atoms with Crippen molar-refractivity contribution in [3.63, 3.8) is 0 Å². The highest BCUT2D eigenvalue weighted by atomic mass is 32.2. The summed E-state index contributed by atoms with van der Waals surface area (Å²) in [5, 5.41) is 0. The van der Waals surface area contributed by atoms with Crippen LogP contribution in [0.4, 0.5) is 13.2 Å². The first kappa shape index (κ1) is 24.5. The van der Waals surface area contributed by atoms with E-state index in [0.717, 1.165) is 12.1 Å². The standard InChI is InChI=1S/C27H19F3N2O4S/c1-31-37(33,34)18-8-6-15(7-9-18)19-11-20(25(35-2)13-21(19)28)16-4-3-5-17(10-16)27-32-24-12-22(29)23(30)14-26(24)36-27/h3-14,31H,1-2H3. The number of sulfonamides is 1. The molecule has 6 nitrogen and oxygen atoms in total. The predicted octanol–water partition coefficient (Wildman–Crippen LogP) is 6.16. The maximum atomic E-state index is 15.0. The van der Waals surface area contributed by atoms with Crippen LogP contribution in [0.1, 0.15) is 0 Å². The SMILES string of the molecule is CNS(=O)(=O)c1ccc(-c2cc(-c3cccc(-c4nc5cc(F)c(F)cc5o4)c3)c(OC)cc2F)cc1. The molecule has 0 saturated heterocycles. The quantitative estimate of drug-likeness (QED) is 0.288. The van der Waals surface area contributed by atoms with Crippen molar-refractivity contribution in [2.24, 2.45) is 0 Å². The van der Waals surface area contributed by atoms with Gasteiger partial charge in [-0.3, -0.25) is 0 Å². The van der Waals surface area contributed by atoms with Gasteiger partial charge in [0.2, 0.25) is 15.9 Å². The zero-order chi connectivity index (χ0) is 26.3. The minimum atomic E-state index is -3.64. The van der Waals surface area contributed by atoms with Crippen molar-refractivity contribution in [1.29, 1.82) is 0 Å². The molecule has 188 valence electrons. The number of methoxy groups -OCH3 is 1. The van der Waals surface area contributed by atoms with Gasteiger partial charge in [-0.25, -0.2) is 31.3 Å². The molecule has 1 heterocycles. The third kappa shape index (κ3) is 4.56. The lowest BCUT2D eigenvalue weighted by Gasteiger charge is -2.14. The van der Waals surface area contributed by atoms with E-state index in [1.807, 2.05) is 0 Å². The monoisotopic (exact) mass is 524 g/mol. The van der Waals surface area contributed by atoms with Gasteiger partial charge in [-0.2, -0.15) is 0 Å². The number of oxazole rings is 1. The Morgan fingerprint density at radius 3 is 2.22 bits per heavy atom. The van der Waals surface area contributed by atoms with Crippen molar-refractivity contribution >= 4 is 21.1 Å². The van der Waals surface area contributed by atoms with Gasteiger partial charge >= 0.3 is 0 Å². The summed E-state index contributed by atoms with van der Waals surface area (Å²) in [6.45, 7) is 0. The minimum absolute atomic E-state index is 0.0543. The van der Waals surface area contributed by atoms with Gasteiger partial charge in [0.1, 0.15) is 17.1 Å². The van der Waals surface area contributed by atoms with Crippen molar-refractivity contribution in [2.75, 3.05) is 14.2 Å². The van der Waals surface area contributed by atoms with Gasteiger partial charge in [-0.1, -0.05) is 24.3 Å². The smallest absolute Gasteiger partial charge is 0.240 e. The molecule has 0 atom stereocenters. The van der Waals surface area contributed by atoms with E-state index in [2.05, 4.69) is 9.71 Å². The molecule has 0 saturated carbocycles. The molecule has 0 fully saturated rings. The van der Waals surface area contributed by atoms with Crippen LogP contribution >= 0.6 is 0 Å². The Bertz CT molecular complexity index is 1710. The van der Waals surface area contributed by atoms with E-state index in [9.17, 15) is 17.2 Å². The van der Waals surface area contributed by atoms with Crippen LogP contribution in [0.3, 0.4) is 0 Å². The first-order valence-electron chi connectivity index (χ1n) is 11.0. The molecule has 37 heavy (non-hydrogen) atoms.